The Kier molecular flexibility index (Phi) is 13.9. The number of aromatic hydroxyl groups is 1. The molecule has 0 aliphatic rings. The van der Waals surface area contributed by atoms with Crippen molar-refractivity contribution >= 4 is 32.3 Å². The minimum absolute atomic E-state index is 0.271. The lowest BCUT2D eigenvalue weighted by Gasteiger charge is -2.35. The Morgan fingerprint density at radius 1 is 1.32 bits per heavy atom. The van der Waals surface area contributed by atoms with Crippen LogP contribution < -0.4 is 16.5 Å². The summed E-state index contributed by atoms with van der Waals surface area (Å²) in [6.07, 6.45) is -2.77. The predicted octanol–water partition coefficient (Wildman–Crippen LogP) is 2.05. The average molecular weight is 569 g/mol. The van der Waals surface area contributed by atoms with Gasteiger partial charge >= 0.3 is 11.7 Å². The largest absolute Gasteiger partial charge is 0.508 e. The first-order valence-electron chi connectivity index (χ1n) is 10.9. The average Bonchev–Trinajstić information content (AvgIpc) is 2.85. The molecule has 0 amide bonds. The number of aromatic nitrogens is 2. The summed E-state index contributed by atoms with van der Waals surface area (Å²) >= 11 is 6.14. The highest BCUT2D eigenvalue weighted by atomic mass is 35.5. The number of benzene rings is 1. The van der Waals surface area contributed by atoms with Crippen molar-refractivity contribution in [3.8, 4) is 5.75 Å². The summed E-state index contributed by atoms with van der Waals surface area (Å²) in [7, 11) is 0.804. The first-order chi connectivity index (χ1) is 17.4. The Hall–Kier alpha value is -2.41. The second kappa shape index (κ2) is 15.8. The smallest absolute Gasteiger partial charge is 0.351 e. The number of aliphatic hydroxyl groups excluding tert-OH is 1. The number of carbonyl (C=O) groups is 1. The summed E-state index contributed by atoms with van der Waals surface area (Å²) < 4.78 is 43.4. The number of aliphatic hydroxyl groups is 1. The minimum atomic E-state index is -2.42. The number of carbonyl (C=O) groups excluding carboxylic acids is 1. The summed E-state index contributed by atoms with van der Waals surface area (Å²) in [5.41, 5.74) is 4.05. The van der Waals surface area contributed by atoms with Crippen LogP contribution in [0, 0.1) is 5.82 Å². The van der Waals surface area contributed by atoms with Crippen LogP contribution in [0.15, 0.2) is 41.3 Å². The standard InChI is InChI=1S/C16H26ClF2N4O6P.C6H6O/c1-8(2)29-14(25)9(3)22-30-28-6-11(27-4)12(24)16(17,7-18)23-5-10(19)13(20)21-15(23)26;7-6-4-2-1-3-5-6/h5,8-9,11-12,22,24,30H,6-7H2,1-4H3,(H2,20,21,26);1-5,7H. The maximum Gasteiger partial charge on any atom is 0.351 e. The molecule has 0 fully saturated rings. The van der Waals surface area contributed by atoms with E-state index in [1.807, 2.05) is 6.07 Å². The van der Waals surface area contributed by atoms with E-state index in [9.17, 15) is 23.5 Å². The Bertz CT molecular complexity index is 1040. The summed E-state index contributed by atoms with van der Waals surface area (Å²) in [6, 6.07) is 8.06. The fourth-order valence-corrected chi connectivity index (χ4v) is 3.53. The molecule has 0 spiro atoms. The molecular weight excluding hydrogens is 537 g/mol. The van der Waals surface area contributed by atoms with E-state index in [0.29, 0.717) is 16.5 Å². The van der Waals surface area contributed by atoms with Crippen molar-refractivity contribution in [1.29, 1.82) is 0 Å². The number of nitrogen functional groups attached to an aromatic ring is 1. The van der Waals surface area contributed by atoms with E-state index in [-0.39, 0.29) is 12.7 Å². The third-order valence-electron chi connectivity index (χ3n) is 4.66. The molecule has 1 aromatic heterocycles. The van der Waals surface area contributed by atoms with E-state index in [1.54, 1.807) is 45.0 Å². The molecule has 0 radical (unpaired) electrons. The van der Waals surface area contributed by atoms with Crippen molar-refractivity contribution in [3.63, 3.8) is 0 Å². The number of hydrogen-bond donors (Lipinski definition) is 4. The predicted molar refractivity (Wildman–Crippen MR) is 136 cm³/mol. The van der Waals surface area contributed by atoms with Gasteiger partial charge in [0.2, 0.25) is 0 Å². The van der Waals surface area contributed by atoms with E-state index in [4.69, 9.17) is 36.4 Å². The van der Waals surface area contributed by atoms with E-state index < -0.39 is 62.2 Å². The highest BCUT2D eigenvalue weighted by Crippen LogP contribution is 2.30. The van der Waals surface area contributed by atoms with E-state index in [2.05, 4.69) is 10.1 Å². The number of phenols is 1. The van der Waals surface area contributed by atoms with Crippen LogP contribution in [0.2, 0.25) is 0 Å². The van der Waals surface area contributed by atoms with Gasteiger partial charge in [0.25, 0.3) is 0 Å². The van der Waals surface area contributed by atoms with Crippen LogP contribution in [-0.2, 0) is 23.8 Å². The molecule has 0 saturated heterocycles. The number of nitrogens with zero attached hydrogens (tertiary/aromatic N) is 2. The molecule has 15 heteroatoms. The lowest BCUT2D eigenvalue weighted by molar-refractivity contribution is -0.148. The van der Waals surface area contributed by atoms with Crippen molar-refractivity contribution < 1.29 is 37.8 Å². The lowest BCUT2D eigenvalue weighted by Crippen LogP contribution is -2.54. The zero-order valence-corrected chi connectivity index (χ0v) is 22.5. The number of halogens is 3. The van der Waals surface area contributed by atoms with Crippen molar-refractivity contribution in [2.75, 3.05) is 26.1 Å². The number of nitrogens with one attached hydrogen (secondary N) is 1. The molecule has 37 heavy (non-hydrogen) atoms. The van der Waals surface area contributed by atoms with Crippen LogP contribution in [-0.4, -0.2) is 70.5 Å². The lowest BCUT2D eigenvalue weighted by atomic mass is 10.1. The molecular formula is C22H32ClF2N4O7P. The number of hydrogen-bond acceptors (Lipinski definition) is 10. The third-order valence-corrected chi connectivity index (χ3v) is 6.03. The van der Waals surface area contributed by atoms with Gasteiger partial charge in [-0.25, -0.2) is 13.6 Å². The topological polar surface area (TPSA) is 158 Å². The molecule has 1 aromatic carbocycles. The van der Waals surface area contributed by atoms with Crippen LogP contribution >= 0.6 is 20.6 Å². The monoisotopic (exact) mass is 568 g/mol. The zero-order chi connectivity index (χ0) is 28.2. The number of phenolic OH excluding ortho intramolecular Hbond substituents is 1. The number of rotatable bonds is 12. The Morgan fingerprint density at radius 2 is 1.95 bits per heavy atom. The molecule has 0 aliphatic heterocycles. The summed E-state index contributed by atoms with van der Waals surface area (Å²) in [5.74, 6) is -1.95. The molecule has 2 rings (SSSR count). The molecule has 2 aromatic rings. The number of para-hydroxylation sites is 1. The second-order valence-electron chi connectivity index (χ2n) is 7.90. The van der Waals surface area contributed by atoms with E-state index in [1.165, 1.54) is 7.11 Å². The highest BCUT2D eigenvalue weighted by Gasteiger charge is 2.44. The molecule has 1 heterocycles. The number of alkyl halides is 2. The first kappa shape index (κ1) is 32.6. The van der Waals surface area contributed by atoms with Crippen LogP contribution in [0.3, 0.4) is 0 Å². The number of methoxy groups -OCH3 is 1. The number of ether oxygens (including phenoxy) is 2. The van der Waals surface area contributed by atoms with Crippen LogP contribution in [0.1, 0.15) is 20.8 Å². The van der Waals surface area contributed by atoms with E-state index in [0.717, 1.165) is 0 Å². The van der Waals surface area contributed by atoms with Gasteiger partial charge < -0.3 is 29.9 Å². The van der Waals surface area contributed by atoms with Gasteiger partial charge in [-0.2, -0.15) is 4.98 Å². The molecule has 5 atom stereocenters. The molecule has 0 saturated carbocycles. The summed E-state index contributed by atoms with van der Waals surface area (Å²) in [6.45, 7) is 3.25. The molecule has 0 aliphatic carbocycles. The number of nitrogens with two attached hydrogens (primary N) is 1. The Morgan fingerprint density at radius 3 is 2.43 bits per heavy atom. The third kappa shape index (κ3) is 10.1. The first-order valence-corrected chi connectivity index (χ1v) is 12.2. The maximum atomic E-state index is 13.8. The van der Waals surface area contributed by atoms with Gasteiger partial charge in [-0.05, 0) is 32.9 Å². The van der Waals surface area contributed by atoms with Crippen molar-refractivity contribution in [2.45, 2.75) is 50.1 Å². The van der Waals surface area contributed by atoms with Crippen molar-refractivity contribution in [3.05, 3.63) is 52.8 Å². The molecule has 208 valence electrons. The fraction of sp³-hybridized carbons (Fsp3) is 0.500. The number of anilines is 1. The molecule has 11 nitrogen and oxygen atoms in total. The van der Waals surface area contributed by atoms with Gasteiger partial charge in [0.1, 0.15) is 30.7 Å². The molecule has 0 bridgehead atoms. The van der Waals surface area contributed by atoms with Crippen molar-refractivity contribution in [1.82, 2.24) is 14.6 Å². The Labute approximate surface area is 219 Å². The molecule has 5 unspecified atom stereocenters. The summed E-state index contributed by atoms with van der Waals surface area (Å²) in [5, 5.41) is 22.0. The van der Waals surface area contributed by atoms with Crippen LogP contribution in [0.5, 0.6) is 5.75 Å². The fourth-order valence-electron chi connectivity index (χ4n) is 2.65. The summed E-state index contributed by atoms with van der Waals surface area (Å²) in [4.78, 5) is 24.5. The van der Waals surface area contributed by atoms with Crippen LogP contribution in [0.4, 0.5) is 14.6 Å². The second-order valence-corrected chi connectivity index (χ2v) is 9.33. The van der Waals surface area contributed by atoms with Gasteiger partial charge in [0, 0.05) is 7.11 Å². The van der Waals surface area contributed by atoms with Gasteiger partial charge in [-0.3, -0.25) is 14.4 Å². The van der Waals surface area contributed by atoms with Gasteiger partial charge in [-0.15, -0.1) is 0 Å². The quantitative estimate of drug-likeness (QED) is 0.129. The maximum absolute atomic E-state index is 13.8. The highest BCUT2D eigenvalue weighted by molar-refractivity contribution is 7.29. The zero-order valence-electron chi connectivity index (χ0n) is 20.7. The SMILES string of the molecule is COC(COPNC(C)C(=O)OC(C)C)C(O)C(Cl)(CF)n1cc(F)c(N)nc1=O.Oc1ccccc1. The van der Waals surface area contributed by atoms with Gasteiger partial charge in [0.15, 0.2) is 16.6 Å². The normalized spacial score (nSPS) is 15.5. The van der Waals surface area contributed by atoms with Crippen molar-refractivity contribution in [2.24, 2.45) is 0 Å². The molecule has 5 N–H and O–H groups in total. The Balaban J connectivity index is 0.000000836. The minimum Gasteiger partial charge on any atom is -0.508 e. The van der Waals surface area contributed by atoms with Crippen LogP contribution in [0.25, 0.3) is 0 Å². The van der Waals surface area contributed by atoms with E-state index >= 15 is 0 Å². The number of esters is 1. The van der Waals surface area contributed by atoms with Gasteiger partial charge in [-0.1, -0.05) is 29.8 Å². The van der Waals surface area contributed by atoms with Gasteiger partial charge in [0.05, 0.1) is 27.9 Å².